The zero-order valence-electron chi connectivity index (χ0n) is 12.6. The Morgan fingerprint density at radius 1 is 1.14 bits per heavy atom. The number of hydrogen-bond acceptors (Lipinski definition) is 2. The van der Waals surface area contributed by atoms with Crippen molar-refractivity contribution in [3.63, 3.8) is 0 Å². The van der Waals surface area contributed by atoms with E-state index >= 15 is 0 Å². The van der Waals surface area contributed by atoms with E-state index in [-0.39, 0.29) is 0 Å². The number of halogens is 1. The fourth-order valence-corrected chi connectivity index (χ4v) is 2.57. The topological polar surface area (TPSA) is 27.1 Å². The Kier molecular flexibility index (Phi) is 4.29. The van der Waals surface area contributed by atoms with Crippen LogP contribution in [0.2, 0.25) is 0 Å². The zero-order valence-corrected chi connectivity index (χ0v) is 14.2. The van der Waals surface area contributed by atoms with Crippen LogP contribution in [0.1, 0.15) is 16.7 Å². The van der Waals surface area contributed by atoms with E-state index in [9.17, 15) is 0 Å². The van der Waals surface area contributed by atoms with Crippen molar-refractivity contribution in [2.75, 3.05) is 0 Å². The molecule has 0 bridgehead atoms. The van der Waals surface area contributed by atoms with E-state index in [1.807, 2.05) is 29.7 Å². The van der Waals surface area contributed by atoms with Crippen molar-refractivity contribution in [1.29, 1.82) is 0 Å². The summed E-state index contributed by atoms with van der Waals surface area (Å²) in [6.07, 6.45) is 3.54. The summed E-state index contributed by atoms with van der Waals surface area (Å²) in [6, 6.07) is 14.4. The molecule has 0 N–H and O–H groups in total. The monoisotopic (exact) mass is 356 g/mol. The minimum atomic E-state index is 0.739. The number of aromatic nitrogens is 2. The molecule has 0 aliphatic carbocycles. The van der Waals surface area contributed by atoms with Gasteiger partial charge in [0.1, 0.15) is 5.75 Å². The second-order valence-electron chi connectivity index (χ2n) is 5.36. The van der Waals surface area contributed by atoms with Crippen LogP contribution in [0.4, 0.5) is 0 Å². The smallest absolute Gasteiger partial charge is 0.219 e. The normalized spacial score (nSPS) is 10.7. The Labute approximate surface area is 138 Å². The number of rotatable bonds is 4. The van der Waals surface area contributed by atoms with Gasteiger partial charge in [-0.05, 0) is 43.2 Å². The summed E-state index contributed by atoms with van der Waals surface area (Å²) in [5, 5.41) is 0. The number of imidazole rings is 1. The van der Waals surface area contributed by atoms with Gasteiger partial charge >= 0.3 is 0 Å². The molecule has 22 heavy (non-hydrogen) atoms. The van der Waals surface area contributed by atoms with Gasteiger partial charge in [-0.3, -0.25) is 4.57 Å². The Hall–Kier alpha value is -2.07. The van der Waals surface area contributed by atoms with E-state index in [4.69, 9.17) is 4.74 Å². The molecule has 2 aromatic carbocycles. The molecule has 0 amide bonds. The first-order valence-corrected chi connectivity index (χ1v) is 7.91. The van der Waals surface area contributed by atoms with Crippen LogP contribution < -0.4 is 4.74 Å². The van der Waals surface area contributed by atoms with Crippen molar-refractivity contribution in [3.05, 3.63) is 76.2 Å². The number of hydrogen-bond donors (Lipinski definition) is 0. The molecule has 1 heterocycles. The lowest BCUT2D eigenvalue weighted by molar-refractivity contribution is 0.435. The summed E-state index contributed by atoms with van der Waals surface area (Å²) in [5.41, 5.74) is 3.63. The van der Waals surface area contributed by atoms with Gasteiger partial charge in [0.2, 0.25) is 5.88 Å². The van der Waals surface area contributed by atoms with Crippen molar-refractivity contribution in [1.82, 2.24) is 9.55 Å². The molecule has 0 aliphatic heterocycles. The van der Waals surface area contributed by atoms with Crippen LogP contribution in [0.3, 0.4) is 0 Å². The molecule has 0 fully saturated rings. The Balaban J connectivity index is 1.81. The zero-order chi connectivity index (χ0) is 15.5. The summed E-state index contributed by atoms with van der Waals surface area (Å²) in [5.74, 6) is 1.55. The van der Waals surface area contributed by atoms with Crippen LogP contribution in [-0.2, 0) is 6.54 Å². The van der Waals surface area contributed by atoms with Gasteiger partial charge in [-0.15, -0.1) is 0 Å². The molecular weight excluding hydrogens is 340 g/mol. The standard InChI is InChI=1S/C18H17BrN2O/c1-13-4-3-5-15(8-13)11-21-12-20-10-18(21)22-16-6-7-17(19)14(2)9-16/h3-10,12H,11H2,1-2H3. The molecule has 0 radical (unpaired) electrons. The van der Waals surface area contributed by atoms with Crippen LogP contribution in [0.15, 0.2) is 59.5 Å². The van der Waals surface area contributed by atoms with Crippen LogP contribution >= 0.6 is 15.9 Å². The molecule has 4 heteroatoms. The maximum absolute atomic E-state index is 5.97. The molecule has 0 saturated heterocycles. The van der Waals surface area contributed by atoms with Gasteiger partial charge in [0.25, 0.3) is 0 Å². The van der Waals surface area contributed by atoms with Gasteiger partial charge in [0.15, 0.2) is 0 Å². The average molecular weight is 357 g/mol. The highest BCUT2D eigenvalue weighted by molar-refractivity contribution is 9.10. The van der Waals surface area contributed by atoms with Gasteiger partial charge < -0.3 is 4.74 Å². The summed E-state index contributed by atoms with van der Waals surface area (Å²) in [4.78, 5) is 4.21. The molecule has 0 saturated carbocycles. The summed E-state index contributed by atoms with van der Waals surface area (Å²) in [6.45, 7) is 4.88. The highest BCUT2D eigenvalue weighted by Crippen LogP contribution is 2.26. The molecule has 0 unspecified atom stereocenters. The average Bonchev–Trinajstić information content (AvgIpc) is 2.90. The van der Waals surface area contributed by atoms with Gasteiger partial charge in [-0.1, -0.05) is 45.8 Å². The third kappa shape index (κ3) is 3.39. The summed E-state index contributed by atoms with van der Waals surface area (Å²) < 4.78 is 9.05. The minimum absolute atomic E-state index is 0.739. The van der Waals surface area contributed by atoms with Crippen molar-refractivity contribution < 1.29 is 4.74 Å². The van der Waals surface area contributed by atoms with Gasteiger partial charge in [0.05, 0.1) is 19.1 Å². The van der Waals surface area contributed by atoms with Crippen LogP contribution in [0.5, 0.6) is 11.6 Å². The first kappa shape index (κ1) is 14.9. The molecule has 0 aliphatic rings. The van der Waals surface area contributed by atoms with Crippen LogP contribution in [0.25, 0.3) is 0 Å². The van der Waals surface area contributed by atoms with E-state index in [1.165, 1.54) is 11.1 Å². The first-order chi connectivity index (χ1) is 10.6. The predicted molar refractivity (Wildman–Crippen MR) is 91.5 cm³/mol. The van der Waals surface area contributed by atoms with Crippen LogP contribution in [0, 0.1) is 13.8 Å². The lowest BCUT2D eigenvalue weighted by Gasteiger charge is -2.11. The SMILES string of the molecule is Cc1cccc(Cn2cncc2Oc2ccc(Br)c(C)c2)c1. The third-order valence-corrected chi connectivity index (χ3v) is 4.35. The van der Waals surface area contributed by atoms with E-state index in [1.54, 1.807) is 12.5 Å². The number of benzene rings is 2. The van der Waals surface area contributed by atoms with E-state index < -0.39 is 0 Å². The molecule has 0 atom stereocenters. The number of ether oxygens (including phenoxy) is 1. The highest BCUT2D eigenvalue weighted by atomic mass is 79.9. The van der Waals surface area contributed by atoms with Crippen molar-refractivity contribution in [2.24, 2.45) is 0 Å². The van der Waals surface area contributed by atoms with Gasteiger partial charge in [0, 0.05) is 4.47 Å². The molecule has 112 valence electrons. The fourth-order valence-electron chi connectivity index (χ4n) is 2.32. The van der Waals surface area contributed by atoms with Crippen molar-refractivity contribution in [3.8, 4) is 11.6 Å². The lowest BCUT2D eigenvalue weighted by Crippen LogP contribution is -2.01. The predicted octanol–water partition coefficient (Wildman–Crippen LogP) is 5.10. The Bertz CT molecular complexity index is 795. The number of nitrogens with zero attached hydrogens (tertiary/aromatic N) is 2. The summed E-state index contributed by atoms with van der Waals surface area (Å²) >= 11 is 3.50. The minimum Gasteiger partial charge on any atom is -0.439 e. The third-order valence-electron chi connectivity index (χ3n) is 3.46. The van der Waals surface area contributed by atoms with Crippen LogP contribution in [-0.4, -0.2) is 9.55 Å². The van der Waals surface area contributed by atoms with E-state index in [2.05, 4.69) is 52.1 Å². The Morgan fingerprint density at radius 2 is 2.00 bits per heavy atom. The van der Waals surface area contributed by atoms with Crippen molar-refractivity contribution >= 4 is 15.9 Å². The highest BCUT2D eigenvalue weighted by Gasteiger charge is 2.07. The maximum atomic E-state index is 5.97. The molecule has 3 nitrogen and oxygen atoms in total. The van der Waals surface area contributed by atoms with Gasteiger partial charge in [-0.2, -0.15) is 0 Å². The van der Waals surface area contributed by atoms with Crippen molar-refractivity contribution in [2.45, 2.75) is 20.4 Å². The second kappa shape index (κ2) is 6.36. The fraction of sp³-hybridized carbons (Fsp3) is 0.167. The first-order valence-electron chi connectivity index (χ1n) is 7.11. The quantitative estimate of drug-likeness (QED) is 0.649. The van der Waals surface area contributed by atoms with E-state index in [0.29, 0.717) is 0 Å². The molecule has 0 spiro atoms. The largest absolute Gasteiger partial charge is 0.439 e. The molecule has 3 rings (SSSR count). The summed E-state index contributed by atoms with van der Waals surface area (Å²) in [7, 11) is 0. The van der Waals surface area contributed by atoms with Gasteiger partial charge in [-0.25, -0.2) is 4.98 Å². The number of aryl methyl sites for hydroxylation is 2. The van der Waals surface area contributed by atoms with E-state index in [0.717, 1.165) is 28.2 Å². The molecule has 1 aromatic heterocycles. The molecule has 3 aromatic rings. The lowest BCUT2D eigenvalue weighted by atomic mass is 10.1. The Morgan fingerprint density at radius 3 is 2.77 bits per heavy atom. The molecular formula is C18H17BrN2O. The maximum Gasteiger partial charge on any atom is 0.219 e. The second-order valence-corrected chi connectivity index (χ2v) is 6.22.